The monoisotopic (exact) mass is 468 g/mol. The van der Waals surface area contributed by atoms with Crippen molar-refractivity contribution in [3.63, 3.8) is 0 Å². The van der Waals surface area contributed by atoms with E-state index in [0.717, 1.165) is 27.2 Å². The second kappa shape index (κ2) is 10.6. The Morgan fingerprint density at radius 3 is 2.11 bits per heavy atom. The average Bonchev–Trinajstić information content (AvgIpc) is 3.17. The van der Waals surface area contributed by atoms with Gasteiger partial charge < -0.3 is 14.7 Å². The van der Waals surface area contributed by atoms with E-state index in [4.69, 9.17) is 16.3 Å². The van der Waals surface area contributed by atoms with Crippen LogP contribution in [0.25, 0.3) is 11.1 Å². The third-order valence-corrected chi connectivity index (χ3v) is 5.86. The Morgan fingerprint density at radius 2 is 1.54 bits per heavy atom. The topological polar surface area (TPSA) is 95.9 Å². The highest BCUT2D eigenvalue weighted by Crippen LogP contribution is 2.44. The number of hydrogen-bond acceptors (Lipinski definition) is 4. The van der Waals surface area contributed by atoms with Crippen molar-refractivity contribution in [1.29, 1.82) is 0 Å². The van der Waals surface area contributed by atoms with Gasteiger partial charge in [-0.05, 0) is 39.9 Å². The average molecular weight is 469 g/mol. The summed E-state index contributed by atoms with van der Waals surface area (Å²) in [6.07, 6.45) is 4.65. The number of amides is 2. The van der Waals surface area contributed by atoms with E-state index in [1.54, 1.807) is 24.3 Å². The maximum Gasteiger partial charge on any atom is 0.411 e. The molecule has 0 radical (unpaired) electrons. The predicted octanol–water partition coefficient (Wildman–Crippen LogP) is 4.14. The van der Waals surface area contributed by atoms with E-state index in [1.807, 2.05) is 24.3 Å². The van der Waals surface area contributed by atoms with Crippen LogP contribution in [0, 0.1) is 12.3 Å². The molecule has 1 aliphatic rings. The number of carbonyl (C=O) groups excluding carboxylic acids is 2. The van der Waals surface area contributed by atoms with Gasteiger partial charge in [0.1, 0.15) is 13.2 Å². The van der Waals surface area contributed by atoms with E-state index < -0.39 is 18.6 Å². The minimum absolute atomic E-state index is 0.000183. The Labute approximate surface area is 203 Å². The van der Waals surface area contributed by atoms with Crippen LogP contribution in [0.15, 0.2) is 72.8 Å². The third-order valence-electron chi connectivity index (χ3n) is 5.86. The van der Waals surface area contributed by atoms with Crippen LogP contribution in [-0.2, 0) is 20.7 Å². The van der Waals surface area contributed by atoms with Crippen molar-refractivity contribution in [1.82, 2.24) is 4.90 Å². The van der Waals surface area contributed by atoms with E-state index in [0.29, 0.717) is 11.3 Å². The zero-order valence-corrected chi connectivity index (χ0v) is 18.9. The number of rotatable bonds is 8. The fourth-order valence-corrected chi connectivity index (χ4v) is 4.25. The molecule has 0 heterocycles. The zero-order chi connectivity index (χ0) is 24.8. The molecule has 0 aliphatic heterocycles. The molecule has 1 aliphatic carbocycles. The summed E-state index contributed by atoms with van der Waals surface area (Å²) in [5.74, 6) is 0.750. The number of carbonyl (C=O) groups is 3. The number of aliphatic carboxylic acids is 1. The fraction of sp³-hybridized carbons (Fsp3) is 0.179. The largest absolute Gasteiger partial charge is 0.480 e. The maximum absolute atomic E-state index is 12.5. The van der Waals surface area contributed by atoms with Crippen molar-refractivity contribution in [2.24, 2.45) is 0 Å². The van der Waals surface area contributed by atoms with Crippen molar-refractivity contribution in [2.45, 2.75) is 12.3 Å². The lowest BCUT2D eigenvalue weighted by atomic mass is 9.98. The van der Waals surface area contributed by atoms with E-state index in [1.165, 1.54) is 0 Å². The lowest BCUT2D eigenvalue weighted by Gasteiger charge is -2.18. The molecule has 35 heavy (non-hydrogen) atoms. The summed E-state index contributed by atoms with van der Waals surface area (Å²) < 4.78 is 5.55. The Balaban J connectivity index is 1.34. The summed E-state index contributed by atoms with van der Waals surface area (Å²) in [7, 11) is 0. The van der Waals surface area contributed by atoms with Gasteiger partial charge in [0.05, 0.1) is 13.0 Å². The Bertz CT molecular complexity index is 1250. The van der Waals surface area contributed by atoms with Crippen LogP contribution in [0.4, 0.5) is 10.5 Å². The Kier molecular flexibility index (Phi) is 7.12. The Hall–Kier alpha value is -4.57. The van der Waals surface area contributed by atoms with Crippen LogP contribution in [0.1, 0.15) is 22.6 Å². The summed E-state index contributed by atoms with van der Waals surface area (Å²) in [6, 6.07) is 22.9. The zero-order valence-electron chi connectivity index (χ0n) is 18.9. The third kappa shape index (κ3) is 5.50. The summed E-state index contributed by atoms with van der Waals surface area (Å²) in [5, 5.41) is 11.6. The molecular formula is C28H24N2O5. The number of ether oxygens (including phenoxy) is 1. The molecule has 0 fully saturated rings. The molecule has 7 nitrogen and oxygen atoms in total. The molecule has 7 heteroatoms. The van der Waals surface area contributed by atoms with Crippen molar-refractivity contribution in [3.8, 4) is 23.5 Å². The SMILES string of the molecule is C#CCN(CC(=O)O)C(=O)Cc1ccc(NC(=O)OCC2c3ccccc3-c3ccccc32)cc1. The molecule has 0 unspecified atom stereocenters. The number of nitrogens with one attached hydrogen (secondary N) is 1. The highest BCUT2D eigenvalue weighted by atomic mass is 16.5. The quantitative estimate of drug-likeness (QED) is 0.485. The molecule has 0 spiro atoms. The first kappa shape index (κ1) is 23.6. The van der Waals surface area contributed by atoms with E-state index in [9.17, 15) is 14.4 Å². The number of hydrogen-bond donors (Lipinski definition) is 2. The van der Waals surface area contributed by atoms with Crippen molar-refractivity contribution in [2.75, 3.05) is 25.0 Å². The lowest BCUT2D eigenvalue weighted by molar-refractivity contribution is -0.143. The molecule has 176 valence electrons. The van der Waals surface area contributed by atoms with Gasteiger partial charge in [-0.1, -0.05) is 66.6 Å². The summed E-state index contributed by atoms with van der Waals surface area (Å²) >= 11 is 0. The minimum Gasteiger partial charge on any atom is -0.480 e. The summed E-state index contributed by atoms with van der Waals surface area (Å²) in [4.78, 5) is 36.9. The van der Waals surface area contributed by atoms with Gasteiger partial charge >= 0.3 is 12.1 Å². The number of carboxylic acids is 1. The highest BCUT2D eigenvalue weighted by Gasteiger charge is 2.29. The molecule has 0 bridgehead atoms. The molecule has 3 aromatic rings. The van der Waals surface area contributed by atoms with Crippen LogP contribution in [0.3, 0.4) is 0 Å². The van der Waals surface area contributed by atoms with E-state index in [-0.39, 0.29) is 31.4 Å². The van der Waals surface area contributed by atoms with Gasteiger partial charge in [0.25, 0.3) is 0 Å². The molecule has 0 saturated carbocycles. The van der Waals surface area contributed by atoms with Crippen LogP contribution in [0.2, 0.25) is 0 Å². The van der Waals surface area contributed by atoms with Crippen molar-refractivity contribution < 1.29 is 24.2 Å². The van der Waals surface area contributed by atoms with Crippen molar-refractivity contribution in [3.05, 3.63) is 89.5 Å². The molecule has 0 atom stereocenters. The second-order valence-corrected chi connectivity index (χ2v) is 8.17. The van der Waals surface area contributed by atoms with Crippen LogP contribution >= 0.6 is 0 Å². The smallest absolute Gasteiger partial charge is 0.411 e. The first-order valence-electron chi connectivity index (χ1n) is 11.1. The van der Waals surface area contributed by atoms with Crippen LogP contribution in [0.5, 0.6) is 0 Å². The normalized spacial score (nSPS) is 11.6. The molecule has 0 aromatic heterocycles. The number of fused-ring (bicyclic) bond motifs is 3. The standard InChI is InChI=1S/C28H24N2O5/c1-2-15-30(17-27(32)33)26(31)16-19-11-13-20(14-12-19)29-28(34)35-18-25-23-9-5-3-7-21(23)22-8-4-6-10-24(22)25/h1,3-14,25H,15-18H2,(H,29,34)(H,32,33). The Morgan fingerprint density at radius 1 is 0.943 bits per heavy atom. The van der Waals surface area contributed by atoms with Crippen LogP contribution in [-0.4, -0.2) is 47.7 Å². The fourth-order valence-electron chi connectivity index (χ4n) is 4.25. The molecule has 0 saturated heterocycles. The maximum atomic E-state index is 12.5. The van der Waals surface area contributed by atoms with Crippen molar-refractivity contribution >= 4 is 23.7 Å². The number of carboxylic acid groups (broad SMARTS) is 1. The molecule has 3 aromatic carbocycles. The number of nitrogens with zero attached hydrogens (tertiary/aromatic N) is 1. The minimum atomic E-state index is -1.13. The molecule has 2 amide bonds. The number of benzene rings is 3. The summed E-state index contributed by atoms with van der Waals surface area (Å²) in [5.41, 5.74) is 5.78. The second-order valence-electron chi connectivity index (χ2n) is 8.17. The highest BCUT2D eigenvalue weighted by molar-refractivity contribution is 5.86. The molecule has 2 N–H and O–H groups in total. The number of anilines is 1. The lowest BCUT2D eigenvalue weighted by Crippen LogP contribution is -2.36. The first-order valence-corrected chi connectivity index (χ1v) is 11.1. The number of terminal acetylenes is 1. The van der Waals surface area contributed by atoms with Gasteiger partial charge in [0.2, 0.25) is 5.91 Å². The van der Waals surface area contributed by atoms with Gasteiger partial charge in [-0.2, -0.15) is 0 Å². The van der Waals surface area contributed by atoms with Gasteiger partial charge in [-0.3, -0.25) is 14.9 Å². The predicted molar refractivity (Wildman–Crippen MR) is 132 cm³/mol. The molecular weight excluding hydrogens is 444 g/mol. The van der Waals surface area contributed by atoms with Gasteiger partial charge in [-0.25, -0.2) is 4.79 Å². The van der Waals surface area contributed by atoms with Gasteiger partial charge in [0.15, 0.2) is 0 Å². The van der Waals surface area contributed by atoms with Crippen LogP contribution < -0.4 is 5.32 Å². The van der Waals surface area contributed by atoms with E-state index >= 15 is 0 Å². The van der Waals surface area contributed by atoms with Gasteiger partial charge in [0, 0.05) is 11.6 Å². The molecule has 4 rings (SSSR count). The summed E-state index contributed by atoms with van der Waals surface area (Å²) in [6.45, 7) is -0.321. The van der Waals surface area contributed by atoms with Gasteiger partial charge in [-0.15, -0.1) is 6.42 Å². The van der Waals surface area contributed by atoms with E-state index in [2.05, 4.69) is 35.5 Å². The first-order chi connectivity index (χ1) is 17.0.